The van der Waals surface area contributed by atoms with Crippen molar-refractivity contribution in [2.24, 2.45) is 0 Å². The van der Waals surface area contributed by atoms with Crippen LogP contribution in [0.5, 0.6) is 0 Å². The minimum atomic E-state index is 0.0629. The van der Waals surface area contributed by atoms with Gasteiger partial charge in [-0.1, -0.05) is 92.6 Å². The third kappa shape index (κ3) is 2.45. The standard InChI is InChI=1S/C29H27N/c1-2-3-18-29(27-17-16-20-10-4-9-15-26(20)30-27)19-25-21-11-5-7-13-23(21)28(29)24-14-8-6-12-22(24)25/h4-17,25,28H,2-3,18-19H2,1H3. The third-order valence-electron chi connectivity index (χ3n) is 7.57. The van der Waals surface area contributed by atoms with Crippen LogP contribution in [-0.2, 0) is 5.41 Å². The molecule has 1 unspecified atom stereocenters. The molecular formula is C29H27N. The van der Waals surface area contributed by atoms with Crippen LogP contribution in [0.15, 0.2) is 84.9 Å². The first-order valence-electron chi connectivity index (χ1n) is 11.4. The summed E-state index contributed by atoms with van der Waals surface area (Å²) in [4.78, 5) is 5.29. The second-order valence-corrected chi connectivity index (χ2v) is 9.10. The second kappa shape index (κ2) is 6.80. The van der Waals surface area contributed by atoms with Gasteiger partial charge in [0.05, 0.1) is 5.52 Å². The van der Waals surface area contributed by atoms with Crippen LogP contribution in [0, 0.1) is 0 Å². The van der Waals surface area contributed by atoms with Crippen LogP contribution in [0.4, 0.5) is 0 Å². The Labute approximate surface area is 178 Å². The molecule has 0 N–H and O–H groups in total. The number of pyridine rings is 1. The Bertz CT molecular complexity index is 1190. The van der Waals surface area contributed by atoms with E-state index in [0.717, 1.165) is 11.9 Å². The Morgan fingerprint density at radius 3 is 2.10 bits per heavy atom. The zero-order chi connectivity index (χ0) is 20.1. The molecule has 3 aliphatic rings. The lowest BCUT2D eigenvalue weighted by molar-refractivity contribution is 0.255. The topological polar surface area (TPSA) is 12.9 Å². The molecule has 30 heavy (non-hydrogen) atoms. The zero-order valence-electron chi connectivity index (χ0n) is 17.5. The van der Waals surface area contributed by atoms with Crippen molar-refractivity contribution in [1.29, 1.82) is 0 Å². The van der Waals surface area contributed by atoms with Gasteiger partial charge in [-0.15, -0.1) is 0 Å². The second-order valence-electron chi connectivity index (χ2n) is 9.10. The maximum absolute atomic E-state index is 5.29. The quantitative estimate of drug-likeness (QED) is 0.356. The van der Waals surface area contributed by atoms with E-state index < -0.39 is 0 Å². The molecule has 1 heteroatoms. The highest BCUT2D eigenvalue weighted by Crippen LogP contribution is 2.63. The van der Waals surface area contributed by atoms with Gasteiger partial charge in [0, 0.05) is 28.3 Å². The van der Waals surface area contributed by atoms with E-state index >= 15 is 0 Å². The highest BCUT2D eigenvalue weighted by molar-refractivity contribution is 5.78. The predicted molar refractivity (Wildman–Crippen MR) is 124 cm³/mol. The first-order valence-corrected chi connectivity index (χ1v) is 11.4. The Morgan fingerprint density at radius 2 is 1.40 bits per heavy atom. The number of fused-ring (bicyclic) bond motifs is 2. The minimum absolute atomic E-state index is 0.0629. The van der Waals surface area contributed by atoms with Gasteiger partial charge < -0.3 is 0 Å². The molecule has 2 bridgehead atoms. The average molecular weight is 390 g/mol. The molecule has 1 heterocycles. The molecule has 1 nitrogen and oxygen atoms in total. The van der Waals surface area contributed by atoms with Crippen molar-refractivity contribution in [3.63, 3.8) is 0 Å². The molecule has 1 aromatic heterocycles. The fraction of sp³-hybridized carbons (Fsp3) is 0.276. The molecule has 3 aromatic carbocycles. The normalized spacial score (nSPS) is 23.9. The minimum Gasteiger partial charge on any atom is -0.252 e. The van der Waals surface area contributed by atoms with Crippen molar-refractivity contribution in [2.45, 2.75) is 49.9 Å². The van der Waals surface area contributed by atoms with Crippen molar-refractivity contribution in [3.8, 4) is 0 Å². The summed E-state index contributed by atoms with van der Waals surface area (Å²) in [6, 6.07) is 31.5. The van der Waals surface area contributed by atoms with Crippen LogP contribution in [0.1, 0.15) is 72.4 Å². The fourth-order valence-corrected chi connectivity index (χ4v) is 6.28. The smallest absolute Gasteiger partial charge is 0.0705 e. The molecule has 3 aliphatic carbocycles. The van der Waals surface area contributed by atoms with Crippen LogP contribution in [0.3, 0.4) is 0 Å². The van der Waals surface area contributed by atoms with Gasteiger partial charge in [-0.2, -0.15) is 0 Å². The zero-order valence-corrected chi connectivity index (χ0v) is 17.5. The Balaban J connectivity index is 1.62. The van der Waals surface area contributed by atoms with E-state index in [0.29, 0.717) is 11.8 Å². The first kappa shape index (κ1) is 17.9. The van der Waals surface area contributed by atoms with Crippen molar-refractivity contribution < 1.29 is 0 Å². The molecule has 0 saturated carbocycles. The Kier molecular flexibility index (Phi) is 4.06. The molecule has 1 atom stereocenters. The van der Waals surface area contributed by atoms with E-state index in [1.807, 2.05) is 0 Å². The molecule has 0 spiro atoms. The van der Waals surface area contributed by atoms with Crippen molar-refractivity contribution in [1.82, 2.24) is 4.98 Å². The van der Waals surface area contributed by atoms with Crippen LogP contribution in [-0.4, -0.2) is 4.98 Å². The monoisotopic (exact) mass is 389 g/mol. The fourth-order valence-electron chi connectivity index (χ4n) is 6.28. The highest BCUT2D eigenvalue weighted by Gasteiger charge is 2.53. The number of para-hydroxylation sites is 1. The van der Waals surface area contributed by atoms with E-state index in [1.165, 1.54) is 52.6 Å². The van der Waals surface area contributed by atoms with Crippen molar-refractivity contribution in [3.05, 3.63) is 113 Å². The molecule has 7 rings (SSSR count). The number of benzene rings is 3. The molecule has 148 valence electrons. The summed E-state index contributed by atoms with van der Waals surface area (Å²) >= 11 is 0. The third-order valence-corrected chi connectivity index (χ3v) is 7.57. The number of unbranched alkanes of at least 4 members (excludes halogenated alkanes) is 1. The summed E-state index contributed by atoms with van der Waals surface area (Å²) in [5, 5.41) is 1.23. The van der Waals surface area contributed by atoms with Gasteiger partial charge in [0.15, 0.2) is 0 Å². The maximum Gasteiger partial charge on any atom is 0.0705 e. The largest absolute Gasteiger partial charge is 0.252 e. The van der Waals surface area contributed by atoms with Crippen LogP contribution < -0.4 is 0 Å². The van der Waals surface area contributed by atoms with Gasteiger partial charge in [0.25, 0.3) is 0 Å². The van der Waals surface area contributed by atoms with E-state index in [4.69, 9.17) is 4.98 Å². The van der Waals surface area contributed by atoms with Crippen LogP contribution in [0.25, 0.3) is 10.9 Å². The highest BCUT2D eigenvalue weighted by atomic mass is 14.8. The molecular weight excluding hydrogens is 362 g/mol. The van der Waals surface area contributed by atoms with E-state index in [1.54, 1.807) is 0 Å². The average Bonchev–Trinajstić information content (AvgIpc) is 2.82. The Hall–Kier alpha value is -2.93. The Morgan fingerprint density at radius 1 is 0.767 bits per heavy atom. The van der Waals surface area contributed by atoms with Crippen LogP contribution >= 0.6 is 0 Å². The molecule has 0 radical (unpaired) electrons. The summed E-state index contributed by atoms with van der Waals surface area (Å²) in [6.07, 6.45) is 4.81. The lowest BCUT2D eigenvalue weighted by atomic mass is 9.50. The van der Waals surface area contributed by atoms with Gasteiger partial charge in [-0.3, -0.25) is 4.98 Å². The molecule has 0 fully saturated rings. The van der Waals surface area contributed by atoms with Gasteiger partial charge in [-0.05, 0) is 47.2 Å². The van der Waals surface area contributed by atoms with E-state index in [9.17, 15) is 0 Å². The predicted octanol–water partition coefficient (Wildman–Crippen LogP) is 7.34. The SMILES string of the molecule is CCCCC1(c2ccc3ccccc3n2)CC2c3ccccc3C1c1ccccc12. The van der Waals surface area contributed by atoms with E-state index in [-0.39, 0.29) is 5.41 Å². The molecule has 0 amide bonds. The molecule has 0 aliphatic heterocycles. The summed E-state index contributed by atoms with van der Waals surface area (Å²) in [6.45, 7) is 2.31. The van der Waals surface area contributed by atoms with Crippen LogP contribution in [0.2, 0.25) is 0 Å². The molecule has 4 aromatic rings. The lowest BCUT2D eigenvalue weighted by Gasteiger charge is -2.53. The van der Waals surface area contributed by atoms with Gasteiger partial charge in [-0.25, -0.2) is 0 Å². The number of hydrogen-bond donors (Lipinski definition) is 0. The molecule has 0 saturated heterocycles. The number of aromatic nitrogens is 1. The summed E-state index contributed by atoms with van der Waals surface area (Å²) in [5.41, 5.74) is 8.59. The number of rotatable bonds is 4. The summed E-state index contributed by atoms with van der Waals surface area (Å²) in [7, 11) is 0. The summed E-state index contributed by atoms with van der Waals surface area (Å²) in [5.74, 6) is 0.850. The van der Waals surface area contributed by atoms with Crippen molar-refractivity contribution in [2.75, 3.05) is 0 Å². The summed E-state index contributed by atoms with van der Waals surface area (Å²) < 4.78 is 0. The number of hydrogen-bond acceptors (Lipinski definition) is 1. The van der Waals surface area contributed by atoms with Gasteiger partial charge in [0.1, 0.15) is 0 Å². The first-order chi connectivity index (χ1) is 14.8. The lowest BCUT2D eigenvalue weighted by Crippen LogP contribution is -2.45. The maximum atomic E-state index is 5.29. The van der Waals surface area contributed by atoms with Crippen molar-refractivity contribution >= 4 is 10.9 Å². The van der Waals surface area contributed by atoms with E-state index in [2.05, 4.69) is 91.9 Å². The van der Waals surface area contributed by atoms with Gasteiger partial charge in [0.2, 0.25) is 0 Å². The van der Waals surface area contributed by atoms with Gasteiger partial charge >= 0.3 is 0 Å². The number of nitrogens with zero attached hydrogens (tertiary/aromatic N) is 1.